The standard InChI is InChI=1S/C12H15F7O4/c1-3-22-8(20)7(9(21)23-4-2)5-6-10(13,14)11(15,16)12(17,18)19/h7H,3-6H2,1-2H3. The first-order valence-electron chi connectivity index (χ1n) is 6.47. The number of halogens is 7. The molecule has 0 fully saturated rings. The summed E-state index contributed by atoms with van der Waals surface area (Å²) in [4.78, 5) is 22.9. The van der Waals surface area contributed by atoms with Crippen molar-refractivity contribution in [3.63, 3.8) is 0 Å². The Hall–Kier alpha value is -1.55. The number of ether oxygens (including phenoxy) is 2. The summed E-state index contributed by atoms with van der Waals surface area (Å²) in [6.45, 7) is 2.16. The summed E-state index contributed by atoms with van der Waals surface area (Å²) in [5, 5.41) is 0. The largest absolute Gasteiger partial charge is 0.465 e. The van der Waals surface area contributed by atoms with Gasteiger partial charge in [0.2, 0.25) is 0 Å². The average Bonchev–Trinajstić information content (AvgIpc) is 2.37. The topological polar surface area (TPSA) is 52.6 Å². The highest BCUT2D eigenvalue weighted by molar-refractivity contribution is 5.94. The molecule has 0 saturated heterocycles. The van der Waals surface area contributed by atoms with Gasteiger partial charge in [-0.2, -0.15) is 30.7 Å². The van der Waals surface area contributed by atoms with Crippen LogP contribution in [0.4, 0.5) is 30.7 Å². The quantitative estimate of drug-likeness (QED) is 0.380. The van der Waals surface area contributed by atoms with Crippen LogP contribution in [0, 0.1) is 5.92 Å². The van der Waals surface area contributed by atoms with Crippen molar-refractivity contribution >= 4 is 11.9 Å². The molecule has 0 aliphatic heterocycles. The van der Waals surface area contributed by atoms with E-state index in [2.05, 4.69) is 9.47 Å². The van der Waals surface area contributed by atoms with E-state index in [0.29, 0.717) is 0 Å². The zero-order valence-electron chi connectivity index (χ0n) is 12.2. The average molecular weight is 356 g/mol. The number of hydrogen-bond donors (Lipinski definition) is 0. The number of hydrogen-bond acceptors (Lipinski definition) is 4. The van der Waals surface area contributed by atoms with Gasteiger partial charge in [-0.15, -0.1) is 0 Å². The molecule has 0 saturated carbocycles. The third kappa shape index (κ3) is 5.24. The molecule has 4 nitrogen and oxygen atoms in total. The number of carbonyl (C=O) groups excluding carboxylic acids is 2. The van der Waals surface area contributed by atoms with Crippen LogP contribution in [0.2, 0.25) is 0 Å². The van der Waals surface area contributed by atoms with Crippen molar-refractivity contribution < 1.29 is 49.8 Å². The number of carbonyl (C=O) groups is 2. The summed E-state index contributed by atoms with van der Waals surface area (Å²) in [7, 11) is 0. The molecule has 0 aromatic rings. The first-order valence-corrected chi connectivity index (χ1v) is 6.47. The fourth-order valence-corrected chi connectivity index (χ4v) is 1.51. The first kappa shape index (κ1) is 21.4. The van der Waals surface area contributed by atoms with Gasteiger partial charge in [-0.05, 0) is 20.3 Å². The second-order valence-corrected chi connectivity index (χ2v) is 4.37. The molecular formula is C12H15F7O4. The Bertz CT molecular complexity index is 402. The smallest absolute Gasteiger partial charge is 0.459 e. The van der Waals surface area contributed by atoms with Crippen LogP contribution in [0.1, 0.15) is 26.7 Å². The van der Waals surface area contributed by atoms with E-state index in [4.69, 9.17) is 0 Å². The van der Waals surface area contributed by atoms with Crippen molar-refractivity contribution in [2.45, 2.75) is 44.7 Å². The molecule has 0 bridgehead atoms. The highest BCUT2D eigenvalue weighted by Gasteiger charge is 2.72. The van der Waals surface area contributed by atoms with E-state index >= 15 is 0 Å². The van der Waals surface area contributed by atoms with E-state index < -0.39 is 48.7 Å². The molecule has 0 N–H and O–H groups in total. The van der Waals surface area contributed by atoms with Crippen LogP contribution in [0.25, 0.3) is 0 Å². The highest BCUT2D eigenvalue weighted by Crippen LogP contribution is 2.48. The van der Waals surface area contributed by atoms with E-state index in [1.165, 1.54) is 13.8 Å². The van der Waals surface area contributed by atoms with Gasteiger partial charge in [-0.1, -0.05) is 0 Å². The predicted molar refractivity (Wildman–Crippen MR) is 61.9 cm³/mol. The van der Waals surface area contributed by atoms with Gasteiger partial charge in [-0.25, -0.2) is 0 Å². The summed E-state index contributed by atoms with van der Waals surface area (Å²) in [5.74, 6) is -16.5. The van der Waals surface area contributed by atoms with Crippen molar-refractivity contribution in [1.82, 2.24) is 0 Å². The summed E-state index contributed by atoms with van der Waals surface area (Å²) < 4.78 is 96.7. The Morgan fingerprint density at radius 1 is 0.870 bits per heavy atom. The van der Waals surface area contributed by atoms with Crippen LogP contribution in [0.5, 0.6) is 0 Å². The Balaban J connectivity index is 5.16. The molecule has 0 heterocycles. The van der Waals surface area contributed by atoms with E-state index in [9.17, 15) is 40.3 Å². The maximum absolute atomic E-state index is 13.2. The molecule has 0 radical (unpaired) electrons. The number of esters is 2. The minimum atomic E-state index is -6.47. The van der Waals surface area contributed by atoms with Crippen molar-refractivity contribution in [3.05, 3.63) is 0 Å². The van der Waals surface area contributed by atoms with Crippen molar-refractivity contribution in [1.29, 1.82) is 0 Å². The van der Waals surface area contributed by atoms with Crippen LogP contribution >= 0.6 is 0 Å². The minimum absolute atomic E-state index is 0.246. The summed E-state index contributed by atoms with van der Waals surface area (Å²) in [5.41, 5.74) is 0. The Morgan fingerprint density at radius 2 is 1.26 bits per heavy atom. The van der Waals surface area contributed by atoms with Gasteiger partial charge in [0, 0.05) is 6.42 Å². The van der Waals surface area contributed by atoms with Gasteiger partial charge in [0.15, 0.2) is 5.92 Å². The van der Waals surface area contributed by atoms with E-state index in [0.717, 1.165) is 0 Å². The van der Waals surface area contributed by atoms with Gasteiger partial charge in [0.05, 0.1) is 13.2 Å². The molecule has 0 aromatic carbocycles. The highest BCUT2D eigenvalue weighted by atomic mass is 19.4. The number of alkyl halides is 7. The van der Waals surface area contributed by atoms with Crippen LogP contribution in [0.15, 0.2) is 0 Å². The molecule has 0 aromatic heterocycles. The zero-order valence-corrected chi connectivity index (χ0v) is 12.2. The van der Waals surface area contributed by atoms with E-state index in [1.54, 1.807) is 0 Å². The Kier molecular flexibility index (Phi) is 7.29. The summed E-state index contributed by atoms with van der Waals surface area (Å²) in [6, 6.07) is 0. The minimum Gasteiger partial charge on any atom is -0.465 e. The van der Waals surface area contributed by atoms with Gasteiger partial charge in [0.1, 0.15) is 0 Å². The second kappa shape index (κ2) is 7.82. The third-order valence-corrected chi connectivity index (χ3v) is 2.70. The molecule has 0 unspecified atom stereocenters. The predicted octanol–water partition coefficient (Wildman–Crippen LogP) is 3.34. The molecule has 0 amide bonds. The first-order chi connectivity index (χ1) is 10.3. The molecule has 0 spiro atoms. The molecule has 0 rings (SSSR count). The lowest BCUT2D eigenvalue weighted by atomic mass is 9.97. The van der Waals surface area contributed by atoms with E-state index in [-0.39, 0.29) is 13.2 Å². The van der Waals surface area contributed by atoms with Crippen molar-refractivity contribution in [3.8, 4) is 0 Å². The molecule has 11 heteroatoms. The van der Waals surface area contributed by atoms with Crippen molar-refractivity contribution in [2.24, 2.45) is 5.92 Å². The number of rotatable bonds is 8. The Labute approximate surface area is 126 Å². The van der Waals surface area contributed by atoms with Gasteiger partial charge in [0.25, 0.3) is 0 Å². The fourth-order valence-electron chi connectivity index (χ4n) is 1.51. The zero-order chi connectivity index (χ0) is 18.5. The van der Waals surface area contributed by atoms with E-state index in [1.807, 2.05) is 0 Å². The fraction of sp³-hybridized carbons (Fsp3) is 0.833. The SMILES string of the molecule is CCOC(=O)C(CCC(F)(F)C(F)(F)C(F)(F)F)C(=O)OCC. The molecule has 136 valence electrons. The van der Waals surface area contributed by atoms with Gasteiger partial charge < -0.3 is 9.47 Å². The molecular weight excluding hydrogens is 341 g/mol. The lowest BCUT2D eigenvalue weighted by Crippen LogP contribution is -2.52. The Morgan fingerprint density at radius 3 is 1.57 bits per heavy atom. The van der Waals surface area contributed by atoms with Crippen LogP contribution < -0.4 is 0 Å². The summed E-state index contributed by atoms with van der Waals surface area (Å²) >= 11 is 0. The van der Waals surface area contributed by atoms with Gasteiger partial charge in [-0.3, -0.25) is 9.59 Å². The normalized spacial score (nSPS) is 13.1. The van der Waals surface area contributed by atoms with Crippen LogP contribution in [-0.2, 0) is 19.1 Å². The maximum Gasteiger partial charge on any atom is 0.459 e. The molecule has 0 aliphatic carbocycles. The summed E-state index contributed by atoms with van der Waals surface area (Å²) in [6.07, 6.45) is -9.81. The maximum atomic E-state index is 13.2. The monoisotopic (exact) mass is 356 g/mol. The van der Waals surface area contributed by atoms with Gasteiger partial charge >= 0.3 is 30.0 Å². The van der Waals surface area contributed by atoms with Crippen LogP contribution in [-0.4, -0.2) is 43.2 Å². The molecule has 0 aliphatic rings. The molecule has 23 heavy (non-hydrogen) atoms. The third-order valence-electron chi connectivity index (χ3n) is 2.70. The van der Waals surface area contributed by atoms with Crippen LogP contribution in [0.3, 0.4) is 0 Å². The lowest BCUT2D eigenvalue weighted by molar-refractivity contribution is -0.355. The molecule has 0 atom stereocenters. The second-order valence-electron chi connectivity index (χ2n) is 4.37. The van der Waals surface area contributed by atoms with Crippen molar-refractivity contribution in [2.75, 3.05) is 13.2 Å². The lowest BCUT2D eigenvalue weighted by Gasteiger charge is -2.28.